The second-order valence-electron chi connectivity index (χ2n) is 3.78. The number of hydrogen-bond acceptors (Lipinski definition) is 2. The summed E-state index contributed by atoms with van der Waals surface area (Å²) >= 11 is 0. The van der Waals surface area contributed by atoms with Crippen molar-refractivity contribution in [3.8, 4) is 0 Å². The van der Waals surface area contributed by atoms with Crippen LogP contribution < -0.4 is 0 Å². The Morgan fingerprint density at radius 3 is 2.38 bits per heavy atom. The topological polar surface area (TPSA) is 29.5 Å². The van der Waals surface area contributed by atoms with E-state index in [9.17, 15) is 4.79 Å². The summed E-state index contributed by atoms with van der Waals surface area (Å²) in [5, 5.41) is 0. The quantitative estimate of drug-likeness (QED) is 0.648. The molecule has 0 N–H and O–H groups in total. The van der Waals surface area contributed by atoms with Gasteiger partial charge in [-0.05, 0) is 25.7 Å². The van der Waals surface area contributed by atoms with Crippen LogP contribution in [-0.2, 0) is 9.53 Å². The molecule has 1 atom stereocenters. The van der Waals surface area contributed by atoms with Crippen LogP contribution in [0.2, 0.25) is 0 Å². The van der Waals surface area contributed by atoms with Crippen LogP contribution in [-0.4, -0.2) is 37.1 Å². The summed E-state index contributed by atoms with van der Waals surface area (Å²) in [4.78, 5) is 13.0. The highest BCUT2D eigenvalue weighted by atomic mass is 16.5. The molecular formula is C10H19NO2. The molecule has 1 fully saturated rings. The van der Waals surface area contributed by atoms with Crippen molar-refractivity contribution in [2.24, 2.45) is 5.92 Å². The summed E-state index contributed by atoms with van der Waals surface area (Å²) in [7, 11) is 1.75. The smallest absolute Gasteiger partial charge is 0.219 e. The van der Waals surface area contributed by atoms with Gasteiger partial charge in [0.2, 0.25) is 5.91 Å². The maximum atomic E-state index is 11.0. The van der Waals surface area contributed by atoms with E-state index in [0.29, 0.717) is 12.0 Å². The molecule has 0 aliphatic carbocycles. The fraction of sp³-hybridized carbons (Fsp3) is 0.900. The molecule has 1 amide bonds. The minimum absolute atomic E-state index is 0.198. The van der Waals surface area contributed by atoms with E-state index in [-0.39, 0.29) is 5.91 Å². The average Bonchev–Trinajstić information content (AvgIpc) is 2.17. The van der Waals surface area contributed by atoms with E-state index in [4.69, 9.17) is 4.74 Å². The van der Waals surface area contributed by atoms with Crippen molar-refractivity contribution in [3.05, 3.63) is 0 Å². The lowest BCUT2D eigenvalue weighted by Crippen LogP contribution is -2.39. The highest BCUT2D eigenvalue weighted by Crippen LogP contribution is 2.21. The highest BCUT2D eigenvalue weighted by molar-refractivity contribution is 5.73. The Kier molecular flexibility index (Phi) is 3.72. The number of methoxy groups -OCH3 is 1. The van der Waals surface area contributed by atoms with Gasteiger partial charge in [-0.3, -0.25) is 4.79 Å². The molecule has 0 spiro atoms. The van der Waals surface area contributed by atoms with Gasteiger partial charge in [-0.2, -0.15) is 0 Å². The molecule has 3 nitrogen and oxygen atoms in total. The van der Waals surface area contributed by atoms with Gasteiger partial charge in [-0.1, -0.05) is 0 Å². The van der Waals surface area contributed by atoms with Gasteiger partial charge in [0.15, 0.2) is 0 Å². The molecular weight excluding hydrogens is 166 g/mol. The van der Waals surface area contributed by atoms with E-state index in [2.05, 4.69) is 6.92 Å². The molecule has 0 bridgehead atoms. The van der Waals surface area contributed by atoms with Crippen molar-refractivity contribution in [1.82, 2.24) is 4.90 Å². The van der Waals surface area contributed by atoms with Crippen molar-refractivity contribution in [3.63, 3.8) is 0 Å². The molecule has 0 aromatic carbocycles. The third-order valence-electron chi connectivity index (χ3n) is 3.02. The maximum absolute atomic E-state index is 11.0. The van der Waals surface area contributed by atoms with Crippen LogP contribution in [0, 0.1) is 5.92 Å². The fourth-order valence-electron chi connectivity index (χ4n) is 1.88. The first-order valence-electron chi connectivity index (χ1n) is 4.93. The zero-order chi connectivity index (χ0) is 9.84. The number of carbonyl (C=O) groups excluding carboxylic acids is 1. The molecule has 1 rings (SSSR count). The molecule has 3 heteroatoms. The molecule has 0 aromatic heterocycles. The van der Waals surface area contributed by atoms with Crippen LogP contribution in [0.5, 0.6) is 0 Å². The van der Waals surface area contributed by atoms with E-state index < -0.39 is 0 Å². The third kappa shape index (κ3) is 2.69. The Labute approximate surface area is 80.1 Å². The predicted molar refractivity (Wildman–Crippen MR) is 51.4 cm³/mol. The Morgan fingerprint density at radius 2 is 2.00 bits per heavy atom. The SMILES string of the molecule is COC(C)C1CCN(C(C)=O)CC1. The monoisotopic (exact) mass is 185 g/mol. The van der Waals surface area contributed by atoms with E-state index in [0.717, 1.165) is 25.9 Å². The zero-order valence-corrected chi connectivity index (χ0v) is 8.75. The molecule has 1 aliphatic heterocycles. The number of amides is 1. The number of rotatable bonds is 2. The lowest BCUT2D eigenvalue weighted by molar-refractivity contribution is -0.130. The molecule has 0 radical (unpaired) electrons. The Hall–Kier alpha value is -0.570. The van der Waals surface area contributed by atoms with Crippen LogP contribution >= 0.6 is 0 Å². The molecule has 0 saturated carbocycles. The molecule has 1 heterocycles. The van der Waals surface area contributed by atoms with Crippen molar-refractivity contribution < 1.29 is 9.53 Å². The number of nitrogens with zero attached hydrogens (tertiary/aromatic N) is 1. The Bertz CT molecular complexity index is 174. The van der Waals surface area contributed by atoms with Gasteiger partial charge in [-0.25, -0.2) is 0 Å². The van der Waals surface area contributed by atoms with E-state index in [1.54, 1.807) is 14.0 Å². The normalized spacial score (nSPS) is 21.6. The van der Waals surface area contributed by atoms with Crippen molar-refractivity contribution >= 4 is 5.91 Å². The van der Waals surface area contributed by atoms with Crippen molar-refractivity contribution in [2.75, 3.05) is 20.2 Å². The van der Waals surface area contributed by atoms with Crippen molar-refractivity contribution in [1.29, 1.82) is 0 Å². The summed E-state index contributed by atoms with van der Waals surface area (Å²) in [5.74, 6) is 0.823. The van der Waals surface area contributed by atoms with Gasteiger partial charge in [0.25, 0.3) is 0 Å². The van der Waals surface area contributed by atoms with Gasteiger partial charge in [0.1, 0.15) is 0 Å². The lowest BCUT2D eigenvalue weighted by Gasteiger charge is -2.33. The van der Waals surface area contributed by atoms with Crippen molar-refractivity contribution in [2.45, 2.75) is 32.8 Å². The molecule has 1 saturated heterocycles. The van der Waals surface area contributed by atoms with E-state index >= 15 is 0 Å². The van der Waals surface area contributed by atoms with Crippen LogP contribution in [0.3, 0.4) is 0 Å². The Morgan fingerprint density at radius 1 is 1.46 bits per heavy atom. The largest absolute Gasteiger partial charge is 0.381 e. The van der Waals surface area contributed by atoms with E-state index in [1.165, 1.54) is 0 Å². The first-order chi connectivity index (χ1) is 6.15. The summed E-state index contributed by atoms with van der Waals surface area (Å²) in [6.07, 6.45) is 2.48. The Balaban J connectivity index is 2.34. The van der Waals surface area contributed by atoms with Crippen LogP contribution in [0.25, 0.3) is 0 Å². The third-order valence-corrected chi connectivity index (χ3v) is 3.02. The number of carbonyl (C=O) groups is 1. The van der Waals surface area contributed by atoms with Gasteiger partial charge in [0.05, 0.1) is 6.10 Å². The summed E-state index contributed by atoms with van der Waals surface area (Å²) in [5.41, 5.74) is 0. The number of hydrogen-bond donors (Lipinski definition) is 0. The standard InChI is InChI=1S/C10H19NO2/c1-8(13-3)10-4-6-11(7-5-10)9(2)12/h8,10H,4-7H2,1-3H3. The number of ether oxygens (including phenoxy) is 1. The molecule has 0 aromatic rings. The second-order valence-corrected chi connectivity index (χ2v) is 3.78. The number of piperidine rings is 1. The van der Waals surface area contributed by atoms with Gasteiger partial charge >= 0.3 is 0 Å². The minimum Gasteiger partial charge on any atom is -0.381 e. The average molecular weight is 185 g/mol. The lowest BCUT2D eigenvalue weighted by atomic mass is 9.92. The van der Waals surface area contributed by atoms with E-state index in [1.807, 2.05) is 4.90 Å². The maximum Gasteiger partial charge on any atom is 0.219 e. The van der Waals surface area contributed by atoms with Gasteiger partial charge in [-0.15, -0.1) is 0 Å². The summed E-state index contributed by atoms with van der Waals surface area (Å²) in [6.45, 7) is 5.54. The summed E-state index contributed by atoms with van der Waals surface area (Å²) in [6, 6.07) is 0. The second kappa shape index (κ2) is 4.61. The summed E-state index contributed by atoms with van der Waals surface area (Å²) < 4.78 is 5.28. The van der Waals surface area contributed by atoms with Gasteiger partial charge < -0.3 is 9.64 Å². The molecule has 76 valence electrons. The molecule has 1 aliphatic rings. The highest BCUT2D eigenvalue weighted by Gasteiger charge is 2.24. The fourth-order valence-corrected chi connectivity index (χ4v) is 1.88. The first-order valence-corrected chi connectivity index (χ1v) is 4.93. The first kappa shape index (κ1) is 10.5. The molecule has 1 unspecified atom stereocenters. The predicted octanol–water partition coefficient (Wildman–Crippen LogP) is 1.28. The van der Waals surface area contributed by atoms with Crippen LogP contribution in [0.1, 0.15) is 26.7 Å². The number of likely N-dealkylation sites (tertiary alicyclic amines) is 1. The van der Waals surface area contributed by atoms with Crippen LogP contribution in [0.15, 0.2) is 0 Å². The zero-order valence-electron chi connectivity index (χ0n) is 8.75. The molecule has 13 heavy (non-hydrogen) atoms. The van der Waals surface area contributed by atoms with Gasteiger partial charge in [0, 0.05) is 27.1 Å². The minimum atomic E-state index is 0.198. The van der Waals surface area contributed by atoms with Crippen LogP contribution in [0.4, 0.5) is 0 Å².